The second kappa shape index (κ2) is 8.98. The molecular formula is C21H19ClN4OS2. The maximum atomic E-state index is 6.29. The summed E-state index contributed by atoms with van der Waals surface area (Å²) in [6.45, 7) is 2.53. The minimum absolute atomic E-state index is 0.471. The molecule has 0 amide bonds. The van der Waals surface area contributed by atoms with E-state index in [9.17, 15) is 0 Å². The van der Waals surface area contributed by atoms with Gasteiger partial charge in [-0.15, -0.1) is 21.5 Å². The molecule has 0 spiro atoms. The normalized spacial score (nSPS) is 11.0. The first-order valence-electron chi connectivity index (χ1n) is 9.00. The highest BCUT2D eigenvalue weighted by atomic mass is 35.5. The number of aromatic nitrogens is 4. The minimum Gasteiger partial charge on any atom is -0.486 e. The second-order valence-electron chi connectivity index (χ2n) is 6.47. The molecule has 0 fully saturated rings. The zero-order valence-corrected chi connectivity index (χ0v) is 18.4. The molecule has 0 saturated carbocycles. The summed E-state index contributed by atoms with van der Waals surface area (Å²) in [7, 11) is 1.95. The van der Waals surface area contributed by atoms with Gasteiger partial charge in [0.15, 0.2) is 11.0 Å². The van der Waals surface area contributed by atoms with E-state index < -0.39 is 0 Å². The lowest BCUT2D eigenvalue weighted by Gasteiger charge is -2.05. The number of nitrogens with zero attached hydrogens (tertiary/aromatic N) is 4. The van der Waals surface area contributed by atoms with Crippen molar-refractivity contribution < 1.29 is 4.74 Å². The van der Waals surface area contributed by atoms with E-state index in [1.54, 1.807) is 23.1 Å². The van der Waals surface area contributed by atoms with Crippen molar-refractivity contribution in [1.82, 2.24) is 19.7 Å². The van der Waals surface area contributed by atoms with Crippen molar-refractivity contribution in [2.24, 2.45) is 7.05 Å². The van der Waals surface area contributed by atoms with Crippen molar-refractivity contribution in [3.8, 4) is 17.1 Å². The Morgan fingerprint density at radius 3 is 2.69 bits per heavy atom. The quantitative estimate of drug-likeness (QED) is 0.340. The van der Waals surface area contributed by atoms with Crippen molar-refractivity contribution >= 4 is 34.7 Å². The number of benzene rings is 2. The predicted molar refractivity (Wildman–Crippen MR) is 119 cm³/mol. The van der Waals surface area contributed by atoms with E-state index >= 15 is 0 Å². The van der Waals surface area contributed by atoms with E-state index in [-0.39, 0.29) is 0 Å². The lowest BCUT2D eigenvalue weighted by atomic mass is 10.2. The number of rotatable bonds is 7. The first-order chi connectivity index (χ1) is 14.1. The van der Waals surface area contributed by atoms with Gasteiger partial charge in [0, 0.05) is 23.7 Å². The van der Waals surface area contributed by atoms with Gasteiger partial charge in [-0.25, -0.2) is 4.98 Å². The molecule has 0 N–H and O–H groups in total. The standard InChI is InChI=1S/C21H19ClN4OS2/c1-14-7-9-16(10-8-14)27-11-19-23-15(12-28-19)13-29-21-25-24-20(26(21)2)17-5-3-4-6-18(17)22/h3-10,12H,11,13H2,1-2H3. The molecule has 29 heavy (non-hydrogen) atoms. The average molecular weight is 443 g/mol. The Labute approximate surface area is 182 Å². The summed E-state index contributed by atoms with van der Waals surface area (Å²) >= 11 is 9.50. The molecule has 0 aliphatic heterocycles. The summed E-state index contributed by atoms with van der Waals surface area (Å²) in [5.74, 6) is 2.33. The van der Waals surface area contributed by atoms with Crippen LogP contribution in [0.1, 0.15) is 16.3 Å². The summed E-state index contributed by atoms with van der Waals surface area (Å²) < 4.78 is 7.77. The van der Waals surface area contributed by atoms with Crippen molar-refractivity contribution in [3.63, 3.8) is 0 Å². The molecule has 5 nitrogen and oxygen atoms in total. The fourth-order valence-corrected chi connectivity index (χ4v) is 4.55. The number of hydrogen-bond donors (Lipinski definition) is 0. The summed E-state index contributed by atoms with van der Waals surface area (Å²) in [6, 6.07) is 15.7. The first-order valence-corrected chi connectivity index (χ1v) is 11.2. The smallest absolute Gasteiger partial charge is 0.191 e. The Hall–Kier alpha value is -2.35. The lowest BCUT2D eigenvalue weighted by Crippen LogP contribution is -1.96. The lowest BCUT2D eigenvalue weighted by molar-refractivity contribution is 0.305. The fraction of sp³-hybridized carbons (Fsp3) is 0.190. The van der Waals surface area contributed by atoms with Crippen LogP contribution in [-0.4, -0.2) is 19.7 Å². The number of aryl methyl sites for hydroxylation is 1. The Morgan fingerprint density at radius 1 is 1.10 bits per heavy atom. The average Bonchev–Trinajstić information content (AvgIpc) is 3.33. The molecule has 8 heteroatoms. The van der Waals surface area contributed by atoms with Gasteiger partial charge in [-0.2, -0.15) is 0 Å². The molecule has 148 valence electrons. The van der Waals surface area contributed by atoms with Gasteiger partial charge in [0.1, 0.15) is 17.4 Å². The van der Waals surface area contributed by atoms with Crippen LogP contribution in [-0.2, 0) is 19.4 Å². The fourth-order valence-electron chi connectivity index (χ4n) is 2.72. The molecule has 2 aromatic heterocycles. The van der Waals surface area contributed by atoms with Gasteiger partial charge in [-0.1, -0.05) is 53.2 Å². The third kappa shape index (κ3) is 4.80. The van der Waals surface area contributed by atoms with Gasteiger partial charge in [-0.3, -0.25) is 0 Å². The van der Waals surface area contributed by atoms with Crippen LogP contribution in [0.4, 0.5) is 0 Å². The van der Waals surface area contributed by atoms with Gasteiger partial charge >= 0.3 is 0 Å². The van der Waals surface area contributed by atoms with Crippen LogP contribution in [0.5, 0.6) is 5.75 Å². The van der Waals surface area contributed by atoms with Crippen molar-refractivity contribution in [2.45, 2.75) is 24.4 Å². The first kappa shape index (κ1) is 19.9. The van der Waals surface area contributed by atoms with E-state index in [1.165, 1.54) is 5.56 Å². The van der Waals surface area contributed by atoms with Crippen molar-refractivity contribution in [1.29, 1.82) is 0 Å². The summed E-state index contributed by atoms with van der Waals surface area (Å²) in [5, 5.41) is 13.1. The molecule has 4 rings (SSSR count). The van der Waals surface area contributed by atoms with Gasteiger partial charge in [-0.05, 0) is 31.2 Å². The SMILES string of the molecule is Cc1ccc(OCc2nc(CSc3nnc(-c4ccccc4Cl)n3C)cs2)cc1. The number of thiazole rings is 1. The van der Waals surface area contributed by atoms with Crippen LogP contribution < -0.4 is 4.74 Å². The van der Waals surface area contributed by atoms with E-state index in [4.69, 9.17) is 16.3 Å². The van der Waals surface area contributed by atoms with E-state index in [1.807, 2.05) is 60.1 Å². The molecule has 0 aliphatic carbocycles. The topological polar surface area (TPSA) is 52.8 Å². The van der Waals surface area contributed by atoms with Gasteiger partial charge in [0.05, 0.1) is 10.7 Å². The zero-order valence-electron chi connectivity index (χ0n) is 16.0. The molecule has 0 aliphatic rings. The zero-order chi connectivity index (χ0) is 20.2. The van der Waals surface area contributed by atoms with Gasteiger partial charge < -0.3 is 9.30 Å². The van der Waals surface area contributed by atoms with Gasteiger partial charge in [0.2, 0.25) is 0 Å². The third-order valence-electron chi connectivity index (χ3n) is 4.28. The largest absolute Gasteiger partial charge is 0.486 e. The Bertz CT molecular complexity index is 1110. The van der Waals surface area contributed by atoms with Crippen molar-refractivity contribution in [3.05, 3.63) is 75.2 Å². The molecule has 0 bridgehead atoms. The Morgan fingerprint density at radius 2 is 1.90 bits per heavy atom. The minimum atomic E-state index is 0.471. The molecule has 4 aromatic rings. The van der Waals surface area contributed by atoms with Crippen LogP contribution >= 0.6 is 34.7 Å². The molecule has 0 unspecified atom stereocenters. The highest BCUT2D eigenvalue weighted by molar-refractivity contribution is 7.98. The van der Waals surface area contributed by atoms with Crippen LogP contribution in [0.2, 0.25) is 5.02 Å². The van der Waals surface area contributed by atoms with Crippen LogP contribution in [0.15, 0.2) is 59.1 Å². The van der Waals surface area contributed by atoms with Crippen LogP contribution in [0, 0.1) is 6.92 Å². The molecule has 0 atom stereocenters. The highest BCUT2D eigenvalue weighted by Crippen LogP contribution is 2.29. The monoisotopic (exact) mass is 442 g/mol. The highest BCUT2D eigenvalue weighted by Gasteiger charge is 2.14. The molecule has 2 aromatic carbocycles. The number of hydrogen-bond acceptors (Lipinski definition) is 6. The molecule has 0 saturated heterocycles. The number of ether oxygens (including phenoxy) is 1. The van der Waals surface area contributed by atoms with Crippen LogP contribution in [0.3, 0.4) is 0 Å². The van der Waals surface area contributed by atoms with E-state index in [0.717, 1.165) is 38.7 Å². The third-order valence-corrected chi connectivity index (χ3v) is 6.54. The Kier molecular flexibility index (Phi) is 6.18. The van der Waals surface area contributed by atoms with Crippen molar-refractivity contribution in [2.75, 3.05) is 0 Å². The number of thioether (sulfide) groups is 1. The molecular weight excluding hydrogens is 424 g/mol. The molecule has 0 radical (unpaired) electrons. The second-order valence-corrected chi connectivity index (χ2v) is 8.76. The van der Waals surface area contributed by atoms with Crippen LogP contribution in [0.25, 0.3) is 11.4 Å². The van der Waals surface area contributed by atoms with E-state index in [2.05, 4.69) is 27.5 Å². The Balaban J connectivity index is 1.36. The van der Waals surface area contributed by atoms with E-state index in [0.29, 0.717) is 11.6 Å². The maximum absolute atomic E-state index is 6.29. The predicted octanol–water partition coefficient (Wildman–Crippen LogP) is 5.77. The summed E-state index contributed by atoms with van der Waals surface area (Å²) in [5.41, 5.74) is 3.09. The van der Waals surface area contributed by atoms with Gasteiger partial charge in [0.25, 0.3) is 0 Å². The summed E-state index contributed by atoms with van der Waals surface area (Å²) in [6.07, 6.45) is 0. The number of halogens is 1. The molecule has 2 heterocycles. The maximum Gasteiger partial charge on any atom is 0.191 e. The summed E-state index contributed by atoms with van der Waals surface area (Å²) in [4.78, 5) is 4.66.